The Morgan fingerprint density at radius 3 is 2.44 bits per heavy atom. The summed E-state index contributed by atoms with van der Waals surface area (Å²) in [7, 11) is 0. The molecule has 1 saturated heterocycles. The van der Waals surface area contributed by atoms with Crippen LogP contribution in [0, 0.1) is 0 Å². The number of carbonyl (C=O) groups excluding carboxylic acids is 3. The molecule has 0 aromatic heterocycles. The molecule has 0 aromatic carbocycles. The maximum absolute atomic E-state index is 11.9. The van der Waals surface area contributed by atoms with Gasteiger partial charge in [-0.2, -0.15) is 0 Å². The van der Waals surface area contributed by atoms with Gasteiger partial charge < -0.3 is 9.47 Å². The third-order valence-electron chi connectivity index (χ3n) is 2.29. The monoisotopic (exact) mass is 257 g/mol. The fourth-order valence-electron chi connectivity index (χ4n) is 1.67. The summed E-state index contributed by atoms with van der Waals surface area (Å²) in [5, 5.41) is 0. The van der Waals surface area contributed by atoms with Crippen molar-refractivity contribution < 1.29 is 23.9 Å². The number of esters is 1. The number of amides is 2. The Bertz CT molecular complexity index is 358. The van der Waals surface area contributed by atoms with Crippen molar-refractivity contribution >= 4 is 18.0 Å². The van der Waals surface area contributed by atoms with Crippen LogP contribution in [0.25, 0.3) is 0 Å². The Kier molecular flexibility index (Phi) is 4.32. The number of nitrogens with zero attached hydrogens (tertiary/aromatic N) is 1. The summed E-state index contributed by atoms with van der Waals surface area (Å²) in [4.78, 5) is 35.5. The van der Waals surface area contributed by atoms with Crippen molar-refractivity contribution in [3.05, 3.63) is 0 Å². The summed E-state index contributed by atoms with van der Waals surface area (Å²) in [6.07, 6.45) is -0.311. The molecule has 18 heavy (non-hydrogen) atoms. The Hall–Kier alpha value is -1.59. The maximum Gasteiger partial charge on any atom is 0.420 e. The van der Waals surface area contributed by atoms with E-state index in [-0.39, 0.29) is 12.3 Å². The molecular formula is C12H19NO5. The molecule has 0 aliphatic carbocycles. The van der Waals surface area contributed by atoms with E-state index >= 15 is 0 Å². The molecule has 0 spiro atoms. The molecule has 1 aliphatic rings. The van der Waals surface area contributed by atoms with Gasteiger partial charge in [-0.25, -0.2) is 9.69 Å². The van der Waals surface area contributed by atoms with Crippen molar-refractivity contribution in [3.63, 3.8) is 0 Å². The summed E-state index contributed by atoms with van der Waals surface area (Å²) in [5.74, 6) is -0.898. The predicted octanol–water partition coefficient (Wildman–Crippen LogP) is 1.82. The van der Waals surface area contributed by atoms with Gasteiger partial charge in [0.25, 0.3) is 0 Å². The van der Waals surface area contributed by atoms with E-state index in [2.05, 4.69) is 0 Å². The molecule has 0 unspecified atom stereocenters. The molecule has 0 N–H and O–H groups in total. The van der Waals surface area contributed by atoms with Crippen LogP contribution in [-0.4, -0.2) is 34.7 Å². The van der Waals surface area contributed by atoms with Gasteiger partial charge in [0, 0.05) is 19.8 Å². The molecule has 6 nitrogen and oxygen atoms in total. The number of rotatable bonds is 1. The number of ether oxygens (including phenoxy) is 2. The number of hydrogen-bond donors (Lipinski definition) is 0. The van der Waals surface area contributed by atoms with Gasteiger partial charge in [-0.15, -0.1) is 0 Å². The zero-order valence-corrected chi connectivity index (χ0v) is 11.2. The topological polar surface area (TPSA) is 72.9 Å². The smallest absolute Gasteiger partial charge is 0.420 e. The van der Waals surface area contributed by atoms with Crippen LogP contribution in [0.2, 0.25) is 0 Å². The van der Waals surface area contributed by atoms with Crippen LogP contribution in [0.3, 0.4) is 0 Å². The van der Waals surface area contributed by atoms with Crippen LogP contribution in [0.1, 0.15) is 47.0 Å². The minimum atomic E-state index is -0.849. The number of imide groups is 1. The lowest BCUT2D eigenvalue weighted by molar-refractivity contribution is -0.165. The maximum atomic E-state index is 11.9. The lowest BCUT2D eigenvalue weighted by atomic mass is 10.1. The Morgan fingerprint density at radius 1 is 1.33 bits per heavy atom. The zero-order chi connectivity index (χ0) is 13.9. The second kappa shape index (κ2) is 5.37. The second-order valence-corrected chi connectivity index (χ2v) is 5.20. The van der Waals surface area contributed by atoms with Crippen LogP contribution in [0.15, 0.2) is 0 Å². The van der Waals surface area contributed by atoms with Crippen molar-refractivity contribution in [3.8, 4) is 0 Å². The van der Waals surface area contributed by atoms with E-state index < -0.39 is 23.9 Å². The van der Waals surface area contributed by atoms with Crippen LogP contribution >= 0.6 is 0 Å². The van der Waals surface area contributed by atoms with Gasteiger partial charge in [0.05, 0.1) is 0 Å². The number of likely N-dealkylation sites (tertiary alicyclic amines) is 1. The first-order chi connectivity index (χ1) is 8.20. The lowest BCUT2D eigenvalue weighted by Gasteiger charge is -2.34. The van der Waals surface area contributed by atoms with Gasteiger partial charge in [0.15, 0.2) is 6.23 Å². The van der Waals surface area contributed by atoms with Gasteiger partial charge in [-0.1, -0.05) is 0 Å². The quantitative estimate of drug-likeness (QED) is 0.670. The lowest BCUT2D eigenvalue weighted by Crippen LogP contribution is -2.50. The van der Waals surface area contributed by atoms with Crippen LogP contribution in [0.5, 0.6) is 0 Å². The van der Waals surface area contributed by atoms with Crippen molar-refractivity contribution in [2.45, 2.75) is 58.8 Å². The van der Waals surface area contributed by atoms with E-state index in [1.807, 2.05) is 0 Å². The molecule has 1 fully saturated rings. The summed E-state index contributed by atoms with van der Waals surface area (Å²) in [6, 6.07) is 0. The summed E-state index contributed by atoms with van der Waals surface area (Å²) >= 11 is 0. The third kappa shape index (κ3) is 4.01. The van der Waals surface area contributed by atoms with Crippen LogP contribution in [-0.2, 0) is 19.1 Å². The number of piperidine rings is 1. The average Bonchev–Trinajstić information content (AvgIpc) is 2.13. The van der Waals surface area contributed by atoms with Gasteiger partial charge in [0.1, 0.15) is 5.60 Å². The van der Waals surface area contributed by atoms with E-state index in [1.54, 1.807) is 20.8 Å². The summed E-state index contributed by atoms with van der Waals surface area (Å²) in [6.45, 7) is 6.37. The Balaban J connectivity index is 2.81. The first-order valence-corrected chi connectivity index (χ1v) is 5.93. The molecule has 1 rings (SSSR count). The molecule has 1 heterocycles. The molecule has 2 amide bonds. The molecule has 0 saturated carbocycles. The summed E-state index contributed by atoms with van der Waals surface area (Å²) < 4.78 is 10.1. The van der Waals surface area contributed by atoms with E-state index in [1.165, 1.54) is 6.92 Å². The highest BCUT2D eigenvalue weighted by molar-refractivity contribution is 5.93. The van der Waals surface area contributed by atoms with Crippen LogP contribution < -0.4 is 0 Å². The SMILES string of the molecule is CC(=O)O[C@H]1CCCC(=O)N1C(=O)OC(C)(C)C. The van der Waals surface area contributed by atoms with E-state index in [9.17, 15) is 14.4 Å². The standard InChI is InChI=1S/C12H19NO5/c1-8(14)17-10-7-5-6-9(15)13(10)11(16)18-12(2,3)4/h10H,5-7H2,1-4H3/t10-/m0/s1. The fourth-order valence-corrected chi connectivity index (χ4v) is 1.67. The van der Waals surface area contributed by atoms with Crippen molar-refractivity contribution in [1.82, 2.24) is 4.90 Å². The highest BCUT2D eigenvalue weighted by Gasteiger charge is 2.37. The first-order valence-electron chi connectivity index (χ1n) is 5.93. The first kappa shape index (κ1) is 14.5. The van der Waals surface area contributed by atoms with E-state index in [0.717, 1.165) is 4.90 Å². The van der Waals surface area contributed by atoms with E-state index in [4.69, 9.17) is 9.47 Å². The molecule has 0 aromatic rings. The molecule has 102 valence electrons. The van der Waals surface area contributed by atoms with E-state index in [0.29, 0.717) is 12.8 Å². The highest BCUT2D eigenvalue weighted by atomic mass is 16.6. The predicted molar refractivity (Wildman–Crippen MR) is 62.5 cm³/mol. The molecule has 1 atom stereocenters. The normalized spacial score (nSPS) is 20.6. The largest absolute Gasteiger partial charge is 0.443 e. The minimum Gasteiger partial charge on any atom is -0.443 e. The van der Waals surface area contributed by atoms with Gasteiger partial charge in [-0.05, 0) is 27.2 Å². The Labute approximate surface area is 106 Å². The Morgan fingerprint density at radius 2 is 1.94 bits per heavy atom. The van der Waals surface area contributed by atoms with Crippen molar-refractivity contribution in [2.75, 3.05) is 0 Å². The van der Waals surface area contributed by atoms with Gasteiger partial charge >= 0.3 is 12.1 Å². The molecular weight excluding hydrogens is 238 g/mol. The molecule has 0 radical (unpaired) electrons. The summed E-state index contributed by atoms with van der Waals surface area (Å²) in [5.41, 5.74) is -0.699. The highest BCUT2D eigenvalue weighted by Crippen LogP contribution is 2.22. The third-order valence-corrected chi connectivity index (χ3v) is 2.29. The van der Waals surface area contributed by atoms with Gasteiger partial charge in [-0.3, -0.25) is 9.59 Å². The zero-order valence-electron chi connectivity index (χ0n) is 11.2. The number of carbonyl (C=O) groups is 3. The van der Waals surface area contributed by atoms with Crippen LogP contribution in [0.4, 0.5) is 4.79 Å². The average molecular weight is 257 g/mol. The molecule has 1 aliphatic heterocycles. The minimum absolute atomic E-state index is 0.261. The van der Waals surface area contributed by atoms with Gasteiger partial charge in [0.2, 0.25) is 5.91 Å². The van der Waals surface area contributed by atoms with Crippen molar-refractivity contribution in [2.24, 2.45) is 0 Å². The fraction of sp³-hybridized carbons (Fsp3) is 0.750. The molecule has 6 heteroatoms. The molecule has 0 bridgehead atoms. The number of hydrogen-bond acceptors (Lipinski definition) is 5. The second-order valence-electron chi connectivity index (χ2n) is 5.20. The van der Waals surface area contributed by atoms with Crippen molar-refractivity contribution in [1.29, 1.82) is 0 Å².